The number of nitrogens with zero attached hydrogens (tertiary/aromatic N) is 2. The fourth-order valence-corrected chi connectivity index (χ4v) is 3.69. The highest BCUT2D eigenvalue weighted by atomic mass is 35.5. The van der Waals surface area contributed by atoms with Crippen LogP contribution in [0.1, 0.15) is 11.3 Å². The van der Waals surface area contributed by atoms with Gasteiger partial charge < -0.3 is 4.57 Å². The van der Waals surface area contributed by atoms with Crippen LogP contribution in [0.15, 0.2) is 41.4 Å². The molecule has 114 valence electrons. The molecule has 0 saturated carbocycles. The van der Waals surface area contributed by atoms with Crippen molar-refractivity contribution in [3.63, 3.8) is 0 Å². The average Bonchev–Trinajstić information content (AvgIpc) is 2.83. The molecule has 0 radical (unpaired) electrons. The molecule has 0 aliphatic carbocycles. The Labute approximate surface area is 134 Å². The molecule has 2 rings (SSSR count). The molecule has 7 heteroatoms. The van der Waals surface area contributed by atoms with Crippen LogP contribution in [-0.4, -0.2) is 24.3 Å². The van der Waals surface area contributed by atoms with Gasteiger partial charge in [0.25, 0.3) is 0 Å². The van der Waals surface area contributed by atoms with E-state index in [1.165, 1.54) is 11.4 Å². The molecule has 0 unspecified atom stereocenters. The molecule has 0 N–H and O–H groups in total. The lowest BCUT2D eigenvalue weighted by Crippen LogP contribution is -2.26. The van der Waals surface area contributed by atoms with Gasteiger partial charge in [-0.25, -0.2) is 8.42 Å². The van der Waals surface area contributed by atoms with Crippen molar-refractivity contribution in [2.75, 3.05) is 7.05 Å². The molecule has 0 atom stereocenters. The molecule has 0 fully saturated rings. The average molecular weight is 347 g/mol. The Morgan fingerprint density at radius 3 is 2.52 bits per heavy atom. The maximum atomic E-state index is 12.6. The van der Waals surface area contributed by atoms with Crippen LogP contribution in [0.5, 0.6) is 0 Å². The highest BCUT2D eigenvalue weighted by Gasteiger charge is 2.23. The molecule has 0 bridgehead atoms. The van der Waals surface area contributed by atoms with Crippen molar-refractivity contribution in [3.05, 3.63) is 52.8 Å². The van der Waals surface area contributed by atoms with E-state index in [0.29, 0.717) is 5.02 Å². The molecule has 0 spiro atoms. The minimum absolute atomic E-state index is 0.215. The van der Waals surface area contributed by atoms with Crippen LogP contribution in [0.3, 0.4) is 0 Å². The summed E-state index contributed by atoms with van der Waals surface area (Å²) in [6.07, 6.45) is 1.57. The minimum Gasteiger partial charge on any atom is -0.352 e. The highest BCUT2D eigenvalue weighted by Crippen LogP contribution is 2.22. The summed E-state index contributed by atoms with van der Waals surface area (Å²) in [5.41, 5.74) is 1.51. The number of rotatable bonds is 5. The molecule has 1 aromatic heterocycles. The zero-order valence-corrected chi connectivity index (χ0v) is 14.1. The van der Waals surface area contributed by atoms with Crippen molar-refractivity contribution in [3.8, 4) is 0 Å². The van der Waals surface area contributed by atoms with Crippen LogP contribution in [0.25, 0.3) is 0 Å². The SMILES string of the molecule is CN(Cc1ccccc1Cl)S(=O)(=O)c1cc(CCl)n(C)c1. The fraction of sp³-hybridized carbons (Fsp3) is 0.286. The minimum atomic E-state index is -3.57. The van der Waals surface area contributed by atoms with Gasteiger partial charge in [0.1, 0.15) is 4.90 Å². The zero-order valence-electron chi connectivity index (χ0n) is 11.8. The number of sulfonamides is 1. The molecule has 4 nitrogen and oxygen atoms in total. The number of alkyl halides is 1. The molecule has 0 aliphatic rings. The molecule has 1 heterocycles. The molecule has 21 heavy (non-hydrogen) atoms. The first kappa shape index (κ1) is 16.4. The first-order valence-corrected chi connectivity index (χ1v) is 8.62. The first-order valence-electron chi connectivity index (χ1n) is 6.27. The van der Waals surface area contributed by atoms with Crippen molar-refractivity contribution in [2.45, 2.75) is 17.3 Å². The topological polar surface area (TPSA) is 42.3 Å². The number of hydrogen-bond acceptors (Lipinski definition) is 2. The smallest absolute Gasteiger partial charge is 0.244 e. The van der Waals surface area contributed by atoms with Gasteiger partial charge in [-0.1, -0.05) is 29.8 Å². The molecule has 1 aromatic carbocycles. The normalized spacial score (nSPS) is 12.0. The number of hydrogen-bond donors (Lipinski definition) is 0. The Balaban J connectivity index is 2.28. The summed E-state index contributed by atoms with van der Waals surface area (Å²) in [5, 5.41) is 0.550. The summed E-state index contributed by atoms with van der Waals surface area (Å²) in [4.78, 5) is 0.232. The predicted octanol–water partition coefficient (Wildman–Crippen LogP) is 3.24. The second-order valence-electron chi connectivity index (χ2n) is 4.76. The molecular weight excluding hydrogens is 331 g/mol. The summed E-state index contributed by atoms with van der Waals surface area (Å²) in [6, 6.07) is 8.78. The Kier molecular flexibility index (Phi) is 4.99. The second-order valence-corrected chi connectivity index (χ2v) is 7.48. The summed E-state index contributed by atoms with van der Waals surface area (Å²) >= 11 is 11.9. The van der Waals surface area contributed by atoms with Crippen LogP contribution in [-0.2, 0) is 29.5 Å². The third kappa shape index (κ3) is 3.43. The van der Waals surface area contributed by atoms with Crippen molar-refractivity contribution in [2.24, 2.45) is 7.05 Å². The van der Waals surface area contributed by atoms with E-state index >= 15 is 0 Å². The van der Waals surface area contributed by atoms with E-state index in [0.717, 1.165) is 11.3 Å². The lowest BCUT2D eigenvalue weighted by Gasteiger charge is -2.17. The van der Waals surface area contributed by atoms with Crippen LogP contribution in [0, 0.1) is 0 Å². The fourth-order valence-electron chi connectivity index (χ4n) is 1.98. The van der Waals surface area contributed by atoms with E-state index < -0.39 is 10.0 Å². The van der Waals surface area contributed by atoms with Gasteiger partial charge in [-0.2, -0.15) is 4.31 Å². The van der Waals surface area contributed by atoms with Crippen molar-refractivity contribution < 1.29 is 8.42 Å². The van der Waals surface area contributed by atoms with Gasteiger partial charge in [0, 0.05) is 37.6 Å². The van der Waals surface area contributed by atoms with Gasteiger partial charge in [-0.15, -0.1) is 11.6 Å². The van der Waals surface area contributed by atoms with E-state index in [2.05, 4.69) is 0 Å². The van der Waals surface area contributed by atoms with Crippen LogP contribution < -0.4 is 0 Å². The Bertz CT molecular complexity index is 741. The van der Waals surface area contributed by atoms with Gasteiger partial charge in [0.05, 0.1) is 5.88 Å². The van der Waals surface area contributed by atoms with E-state index in [4.69, 9.17) is 23.2 Å². The van der Waals surface area contributed by atoms with E-state index in [9.17, 15) is 8.42 Å². The third-order valence-corrected chi connectivity index (χ3v) is 5.69. The lowest BCUT2D eigenvalue weighted by atomic mass is 10.2. The van der Waals surface area contributed by atoms with Gasteiger partial charge in [0.15, 0.2) is 0 Å². The van der Waals surface area contributed by atoms with Gasteiger partial charge in [0.2, 0.25) is 10.0 Å². The lowest BCUT2D eigenvalue weighted by molar-refractivity contribution is 0.466. The Morgan fingerprint density at radius 1 is 1.29 bits per heavy atom. The van der Waals surface area contributed by atoms with Gasteiger partial charge in [-0.05, 0) is 17.7 Å². The first-order chi connectivity index (χ1) is 9.86. The second kappa shape index (κ2) is 6.40. The molecular formula is C14H16Cl2N2O2S. The van der Waals surface area contributed by atoms with E-state index in [1.54, 1.807) is 29.9 Å². The quantitative estimate of drug-likeness (QED) is 0.780. The van der Waals surface area contributed by atoms with Crippen molar-refractivity contribution in [1.29, 1.82) is 0 Å². The highest BCUT2D eigenvalue weighted by molar-refractivity contribution is 7.89. The zero-order chi connectivity index (χ0) is 15.6. The number of benzene rings is 1. The van der Waals surface area contributed by atoms with Crippen molar-refractivity contribution >= 4 is 33.2 Å². The van der Waals surface area contributed by atoms with Crippen LogP contribution in [0.4, 0.5) is 0 Å². The largest absolute Gasteiger partial charge is 0.352 e. The number of aromatic nitrogens is 1. The van der Waals surface area contributed by atoms with Crippen LogP contribution >= 0.6 is 23.2 Å². The van der Waals surface area contributed by atoms with Crippen LogP contribution in [0.2, 0.25) is 5.02 Å². The standard InChI is InChI=1S/C14H16Cl2N2O2S/c1-17-10-13(7-12(17)8-15)21(19,20)18(2)9-11-5-3-4-6-14(11)16/h3-7,10H,8-9H2,1-2H3. The Morgan fingerprint density at radius 2 is 1.95 bits per heavy atom. The molecule has 0 amide bonds. The van der Waals surface area contributed by atoms with E-state index in [-0.39, 0.29) is 17.3 Å². The molecule has 2 aromatic rings. The molecule has 0 aliphatic heterocycles. The van der Waals surface area contributed by atoms with Gasteiger partial charge >= 0.3 is 0 Å². The van der Waals surface area contributed by atoms with E-state index in [1.807, 2.05) is 18.2 Å². The number of halogens is 2. The summed E-state index contributed by atoms with van der Waals surface area (Å²) < 4.78 is 28.1. The predicted molar refractivity (Wildman–Crippen MR) is 85.1 cm³/mol. The van der Waals surface area contributed by atoms with Gasteiger partial charge in [-0.3, -0.25) is 0 Å². The third-order valence-electron chi connectivity index (χ3n) is 3.28. The summed E-state index contributed by atoms with van der Waals surface area (Å²) in [6.45, 7) is 0.215. The Hall–Kier alpha value is -1.01. The maximum Gasteiger partial charge on any atom is 0.244 e. The van der Waals surface area contributed by atoms with Crippen molar-refractivity contribution in [1.82, 2.24) is 8.87 Å². The summed E-state index contributed by atoms with van der Waals surface area (Å²) in [5.74, 6) is 0.264. The maximum absolute atomic E-state index is 12.6. The molecule has 0 saturated heterocycles. The summed E-state index contributed by atoms with van der Waals surface area (Å²) in [7, 11) is -0.268. The number of aryl methyl sites for hydroxylation is 1. The monoisotopic (exact) mass is 346 g/mol.